The molecule has 0 fully saturated rings. The molecule has 21 heavy (non-hydrogen) atoms. The molecule has 2 rings (SSSR count). The second-order valence-electron chi connectivity index (χ2n) is 3.94. The van der Waals surface area contributed by atoms with Crippen molar-refractivity contribution in [3.63, 3.8) is 0 Å². The molecule has 1 amide bonds. The second-order valence-corrected chi connectivity index (χ2v) is 3.94. The molecule has 2 heterocycles. The summed E-state index contributed by atoms with van der Waals surface area (Å²) >= 11 is 0. The molecule has 2 aromatic heterocycles. The summed E-state index contributed by atoms with van der Waals surface area (Å²) in [6, 6.07) is 0. The maximum atomic E-state index is 10.8. The van der Waals surface area contributed by atoms with E-state index in [9.17, 15) is 9.59 Å². The highest BCUT2D eigenvalue weighted by Crippen LogP contribution is 1.95. The number of carbonyl (C=O) groups excluding carboxylic acids is 2. The van der Waals surface area contributed by atoms with Crippen molar-refractivity contribution in [2.24, 2.45) is 5.73 Å². The average Bonchev–Trinajstić information content (AvgIpc) is 2.48. The van der Waals surface area contributed by atoms with Crippen molar-refractivity contribution in [1.82, 2.24) is 19.9 Å². The van der Waals surface area contributed by atoms with Gasteiger partial charge in [0.05, 0.1) is 30.9 Å². The highest BCUT2D eigenvalue weighted by atomic mass is 16.5. The predicted molar refractivity (Wildman–Crippen MR) is 73.4 cm³/mol. The van der Waals surface area contributed by atoms with Gasteiger partial charge >= 0.3 is 5.97 Å². The van der Waals surface area contributed by atoms with Gasteiger partial charge in [-0.2, -0.15) is 0 Å². The van der Waals surface area contributed by atoms with Gasteiger partial charge in [0.25, 0.3) is 5.91 Å². The van der Waals surface area contributed by atoms with Gasteiger partial charge in [-0.3, -0.25) is 14.8 Å². The zero-order valence-electron chi connectivity index (χ0n) is 11.9. The van der Waals surface area contributed by atoms with Crippen LogP contribution in [-0.4, -0.2) is 38.9 Å². The Morgan fingerprint density at radius 2 is 1.38 bits per heavy atom. The fourth-order valence-corrected chi connectivity index (χ4v) is 1.12. The third-order valence-electron chi connectivity index (χ3n) is 2.21. The first-order valence-corrected chi connectivity index (χ1v) is 5.89. The van der Waals surface area contributed by atoms with Crippen LogP contribution in [0.15, 0.2) is 24.8 Å². The van der Waals surface area contributed by atoms with Crippen molar-refractivity contribution in [2.75, 3.05) is 7.11 Å². The van der Waals surface area contributed by atoms with Gasteiger partial charge in [-0.1, -0.05) is 0 Å². The molecule has 0 aliphatic rings. The summed E-state index contributed by atoms with van der Waals surface area (Å²) in [4.78, 5) is 36.5. The molecule has 8 nitrogen and oxygen atoms in total. The molecule has 0 aromatic carbocycles. The summed E-state index contributed by atoms with van der Waals surface area (Å²) in [5.41, 5.74) is 6.90. The number of hydrogen-bond acceptors (Lipinski definition) is 7. The van der Waals surface area contributed by atoms with Crippen LogP contribution in [0.4, 0.5) is 0 Å². The maximum Gasteiger partial charge on any atom is 0.358 e. The van der Waals surface area contributed by atoms with Gasteiger partial charge in [0.15, 0.2) is 5.69 Å². The zero-order chi connectivity index (χ0) is 15.8. The van der Waals surface area contributed by atoms with E-state index in [0.29, 0.717) is 0 Å². The number of aromatic nitrogens is 4. The maximum absolute atomic E-state index is 10.8. The van der Waals surface area contributed by atoms with E-state index in [1.165, 1.54) is 31.9 Å². The number of primary amides is 1. The molecule has 0 radical (unpaired) electrons. The number of amides is 1. The summed E-state index contributed by atoms with van der Waals surface area (Å²) in [6.45, 7) is 3.59. The number of nitrogens with zero attached hydrogens (tertiary/aromatic N) is 4. The van der Waals surface area contributed by atoms with Gasteiger partial charge in [0.2, 0.25) is 0 Å². The van der Waals surface area contributed by atoms with Gasteiger partial charge in [-0.15, -0.1) is 0 Å². The number of ether oxygens (including phenoxy) is 1. The molecule has 8 heteroatoms. The zero-order valence-corrected chi connectivity index (χ0v) is 11.9. The van der Waals surface area contributed by atoms with Gasteiger partial charge in [-0.25, -0.2) is 14.8 Å². The van der Waals surface area contributed by atoms with E-state index in [2.05, 4.69) is 24.7 Å². The number of methoxy groups -OCH3 is 1. The van der Waals surface area contributed by atoms with E-state index >= 15 is 0 Å². The van der Waals surface area contributed by atoms with Gasteiger partial charge in [-0.05, 0) is 13.8 Å². The van der Waals surface area contributed by atoms with Crippen LogP contribution in [0.25, 0.3) is 0 Å². The Bertz CT molecular complexity index is 611. The fraction of sp³-hybridized carbons (Fsp3) is 0.231. The highest BCUT2D eigenvalue weighted by molar-refractivity contribution is 5.90. The molecular formula is C13H15N5O3. The van der Waals surface area contributed by atoms with Crippen LogP contribution in [-0.2, 0) is 4.74 Å². The molecule has 0 saturated heterocycles. The van der Waals surface area contributed by atoms with Crippen molar-refractivity contribution >= 4 is 11.9 Å². The predicted octanol–water partition coefficient (Wildman–Crippen LogP) is 0.456. The smallest absolute Gasteiger partial charge is 0.358 e. The topological polar surface area (TPSA) is 121 Å². The summed E-state index contributed by atoms with van der Waals surface area (Å²) in [5, 5.41) is 0. The lowest BCUT2D eigenvalue weighted by atomic mass is 10.4. The van der Waals surface area contributed by atoms with Crippen LogP contribution in [0.5, 0.6) is 0 Å². The van der Waals surface area contributed by atoms with E-state index in [-0.39, 0.29) is 11.4 Å². The third-order valence-corrected chi connectivity index (χ3v) is 2.21. The molecule has 2 aromatic rings. The minimum absolute atomic E-state index is 0.200. The van der Waals surface area contributed by atoms with E-state index in [0.717, 1.165) is 11.4 Å². The molecule has 2 N–H and O–H groups in total. The van der Waals surface area contributed by atoms with Gasteiger partial charge in [0.1, 0.15) is 5.69 Å². The Hall–Kier alpha value is -2.90. The standard InChI is InChI=1S/C7H8N2O2.C6H7N3O/c1-5-3-9-6(4-8-5)7(10)11-2;1-4-2-9-5(3-8-4)6(7)10/h3-4H,1-2H3;2-3H,1H3,(H2,7,10). The van der Waals surface area contributed by atoms with Gasteiger partial charge in [0, 0.05) is 12.4 Å². The number of esters is 1. The first-order valence-electron chi connectivity index (χ1n) is 5.89. The first-order chi connectivity index (χ1) is 9.93. The Balaban J connectivity index is 0.000000211. The Morgan fingerprint density at radius 1 is 0.905 bits per heavy atom. The average molecular weight is 289 g/mol. The fourth-order valence-electron chi connectivity index (χ4n) is 1.12. The molecule has 0 atom stereocenters. The molecular weight excluding hydrogens is 274 g/mol. The van der Waals surface area contributed by atoms with Crippen molar-refractivity contribution in [2.45, 2.75) is 13.8 Å². The SMILES string of the molecule is COC(=O)c1cnc(C)cn1.Cc1cnc(C(N)=O)cn1. The van der Waals surface area contributed by atoms with Crippen LogP contribution < -0.4 is 5.73 Å². The van der Waals surface area contributed by atoms with Crippen LogP contribution in [0.3, 0.4) is 0 Å². The van der Waals surface area contributed by atoms with Crippen LogP contribution in [0, 0.1) is 13.8 Å². The van der Waals surface area contributed by atoms with Crippen molar-refractivity contribution < 1.29 is 14.3 Å². The third kappa shape index (κ3) is 5.31. The summed E-state index contributed by atoms with van der Waals surface area (Å²) in [5.74, 6) is -1.01. The molecule has 110 valence electrons. The Morgan fingerprint density at radius 3 is 1.71 bits per heavy atom. The minimum atomic E-state index is -0.549. The molecule has 0 aliphatic heterocycles. The van der Waals surface area contributed by atoms with Crippen molar-refractivity contribution in [3.05, 3.63) is 47.6 Å². The van der Waals surface area contributed by atoms with E-state index < -0.39 is 11.9 Å². The number of hydrogen-bond donors (Lipinski definition) is 1. The van der Waals surface area contributed by atoms with Crippen molar-refractivity contribution in [3.8, 4) is 0 Å². The lowest BCUT2D eigenvalue weighted by Gasteiger charge is -1.96. The van der Waals surface area contributed by atoms with E-state index in [4.69, 9.17) is 5.73 Å². The second kappa shape index (κ2) is 7.63. The molecule has 0 aliphatic carbocycles. The quantitative estimate of drug-likeness (QED) is 0.797. The largest absolute Gasteiger partial charge is 0.464 e. The summed E-state index contributed by atoms with van der Waals surface area (Å²) < 4.78 is 4.43. The Labute approximate surface area is 121 Å². The number of aryl methyl sites for hydroxylation is 2. The lowest BCUT2D eigenvalue weighted by Crippen LogP contribution is -2.13. The normalized spacial score (nSPS) is 9.29. The summed E-state index contributed by atoms with van der Waals surface area (Å²) in [6.07, 6.45) is 5.77. The number of rotatable bonds is 2. The molecule has 0 unspecified atom stereocenters. The highest BCUT2D eigenvalue weighted by Gasteiger charge is 2.05. The Kier molecular flexibility index (Phi) is 5.87. The summed E-state index contributed by atoms with van der Waals surface area (Å²) in [7, 11) is 1.31. The minimum Gasteiger partial charge on any atom is -0.464 e. The van der Waals surface area contributed by atoms with E-state index in [1.807, 2.05) is 0 Å². The van der Waals surface area contributed by atoms with Crippen LogP contribution in [0.2, 0.25) is 0 Å². The molecule has 0 spiro atoms. The number of carbonyl (C=O) groups is 2. The lowest BCUT2D eigenvalue weighted by molar-refractivity contribution is 0.0593. The van der Waals surface area contributed by atoms with Crippen molar-refractivity contribution in [1.29, 1.82) is 0 Å². The first kappa shape index (κ1) is 16.2. The van der Waals surface area contributed by atoms with Gasteiger partial charge < -0.3 is 10.5 Å². The van der Waals surface area contributed by atoms with E-state index in [1.54, 1.807) is 13.8 Å². The molecule has 0 saturated carbocycles. The monoisotopic (exact) mass is 289 g/mol. The molecule has 0 bridgehead atoms. The number of nitrogens with two attached hydrogens (primary N) is 1. The van der Waals surface area contributed by atoms with Crippen LogP contribution >= 0.6 is 0 Å². The van der Waals surface area contributed by atoms with Crippen LogP contribution in [0.1, 0.15) is 32.4 Å².